The summed E-state index contributed by atoms with van der Waals surface area (Å²) in [5.41, 5.74) is 1.21. The first-order valence-electron chi connectivity index (χ1n) is 6.41. The fourth-order valence-corrected chi connectivity index (χ4v) is 2.37. The van der Waals surface area contributed by atoms with E-state index >= 15 is 0 Å². The molecule has 18 heavy (non-hydrogen) atoms. The predicted octanol–water partition coefficient (Wildman–Crippen LogP) is 2.23. The summed E-state index contributed by atoms with van der Waals surface area (Å²) in [6.07, 6.45) is 1.17. The molecule has 4 heteroatoms. The molecular formula is C14H18FN3. The minimum atomic E-state index is -0.333. The van der Waals surface area contributed by atoms with Crippen molar-refractivity contribution in [1.82, 2.24) is 4.90 Å². The van der Waals surface area contributed by atoms with Gasteiger partial charge in [0.1, 0.15) is 5.82 Å². The highest BCUT2D eigenvalue weighted by atomic mass is 19.1. The second-order valence-corrected chi connectivity index (χ2v) is 4.64. The number of anilines is 1. The predicted molar refractivity (Wildman–Crippen MR) is 70.1 cm³/mol. The summed E-state index contributed by atoms with van der Waals surface area (Å²) in [7, 11) is 0. The molecule has 1 saturated heterocycles. The van der Waals surface area contributed by atoms with Crippen LogP contribution in [0.1, 0.15) is 18.9 Å². The molecule has 0 aliphatic carbocycles. The fourth-order valence-electron chi connectivity index (χ4n) is 2.37. The summed E-state index contributed by atoms with van der Waals surface area (Å²) in [6.45, 7) is 7.11. The first-order valence-corrected chi connectivity index (χ1v) is 6.41. The number of benzene rings is 1. The molecule has 1 aliphatic heterocycles. The van der Waals surface area contributed by atoms with E-state index in [4.69, 9.17) is 5.26 Å². The Morgan fingerprint density at radius 1 is 1.22 bits per heavy atom. The lowest BCUT2D eigenvalue weighted by atomic mass is 10.1. The van der Waals surface area contributed by atoms with E-state index in [0.29, 0.717) is 5.56 Å². The fraction of sp³-hybridized carbons (Fsp3) is 0.500. The van der Waals surface area contributed by atoms with Crippen molar-refractivity contribution in [2.24, 2.45) is 0 Å². The van der Waals surface area contributed by atoms with Crippen molar-refractivity contribution in [2.75, 3.05) is 37.6 Å². The third kappa shape index (κ3) is 2.99. The lowest BCUT2D eigenvalue weighted by Crippen LogP contribution is -2.46. The Morgan fingerprint density at radius 2 is 1.94 bits per heavy atom. The van der Waals surface area contributed by atoms with Crippen molar-refractivity contribution in [3.05, 3.63) is 29.6 Å². The van der Waals surface area contributed by atoms with Crippen molar-refractivity contribution in [1.29, 1.82) is 5.26 Å². The Balaban J connectivity index is 2.05. The lowest BCUT2D eigenvalue weighted by Gasteiger charge is -2.36. The Morgan fingerprint density at radius 3 is 2.56 bits per heavy atom. The molecule has 1 aromatic carbocycles. The molecule has 0 radical (unpaired) electrons. The number of hydrogen-bond acceptors (Lipinski definition) is 3. The first kappa shape index (κ1) is 12.8. The van der Waals surface area contributed by atoms with Gasteiger partial charge in [-0.2, -0.15) is 5.26 Å². The van der Waals surface area contributed by atoms with Gasteiger partial charge in [0.05, 0.1) is 11.6 Å². The standard InChI is InChI=1S/C14H18FN3/c1-2-3-17-4-6-18(7-5-17)14-9-12(11-16)8-13(15)10-14/h8-10H,2-7H2,1H3. The van der Waals surface area contributed by atoms with Crippen LogP contribution in [0.4, 0.5) is 10.1 Å². The van der Waals surface area contributed by atoms with E-state index in [1.54, 1.807) is 6.07 Å². The van der Waals surface area contributed by atoms with E-state index in [1.165, 1.54) is 18.6 Å². The van der Waals surface area contributed by atoms with Gasteiger partial charge in [-0.25, -0.2) is 4.39 Å². The molecule has 0 bridgehead atoms. The molecule has 1 heterocycles. The highest BCUT2D eigenvalue weighted by Crippen LogP contribution is 2.20. The zero-order chi connectivity index (χ0) is 13.0. The van der Waals surface area contributed by atoms with Crippen molar-refractivity contribution < 1.29 is 4.39 Å². The monoisotopic (exact) mass is 247 g/mol. The summed E-state index contributed by atoms with van der Waals surface area (Å²) in [5.74, 6) is -0.333. The van der Waals surface area contributed by atoms with Crippen LogP contribution in [0.5, 0.6) is 0 Å². The molecule has 0 N–H and O–H groups in total. The van der Waals surface area contributed by atoms with Gasteiger partial charge < -0.3 is 4.90 Å². The molecule has 1 fully saturated rings. The Kier molecular flexibility index (Phi) is 4.16. The molecular weight excluding hydrogens is 229 g/mol. The van der Waals surface area contributed by atoms with Crippen LogP contribution in [0.2, 0.25) is 0 Å². The van der Waals surface area contributed by atoms with Gasteiger partial charge >= 0.3 is 0 Å². The molecule has 2 rings (SSSR count). The topological polar surface area (TPSA) is 30.3 Å². The van der Waals surface area contributed by atoms with Crippen LogP contribution in [0.3, 0.4) is 0 Å². The average molecular weight is 247 g/mol. The van der Waals surface area contributed by atoms with Crippen molar-refractivity contribution >= 4 is 5.69 Å². The largest absolute Gasteiger partial charge is 0.369 e. The number of nitriles is 1. The van der Waals surface area contributed by atoms with Gasteiger partial charge in [-0.05, 0) is 31.2 Å². The zero-order valence-electron chi connectivity index (χ0n) is 10.7. The first-order chi connectivity index (χ1) is 8.72. The van der Waals surface area contributed by atoms with Crippen LogP contribution in [0, 0.1) is 17.1 Å². The number of hydrogen-bond donors (Lipinski definition) is 0. The lowest BCUT2D eigenvalue weighted by molar-refractivity contribution is 0.258. The van der Waals surface area contributed by atoms with Gasteiger partial charge in [0.25, 0.3) is 0 Å². The van der Waals surface area contributed by atoms with Gasteiger partial charge in [0, 0.05) is 31.9 Å². The van der Waals surface area contributed by atoms with E-state index in [2.05, 4.69) is 16.7 Å². The number of rotatable bonds is 3. The second kappa shape index (κ2) is 5.83. The molecule has 0 amide bonds. The van der Waals surface area contributed by atoms with E-state index in [-0.39, 0.29) is 5.82 Å². The van der Waals surface area contributed by atoms with Crippen molar-refractivity contribution in [3.63, 3.8) is 0 Å². The van der Waals surface area contributed by atoms with Crippen LogP contribution in [-0.4, -0.2) is 37.6 Å². The highest BCUT2D eigenvalue weighted by molar-refractivity contribution is 5.52. The molecule has 1 aromatic rings. The van der Waals surface area contributed by atoms with E-state index in [1.807, 2.05) is 6.07 Å². The number of nitrogens with zero attached hydrogens (tertiary/aromatic N) is 3. The van der Waals surface area contributed by atoms with Crippen LogP contribution in [0.15, 0.2) is 18.2 Å². The van der Waals surface area contributed by atoms with Gasteiger partial charge in [-0.15, -0.1) is 0 Å². The highest BCUT2D eigenvalue weighted by Gasteiger charge is 2.17. The minimum Gasteiger partial charge on any atom is -0.369 e. The molecule has 0 unspecified atom stereocenters. The Labute approximate surface area is 107 Å². The van der Waals surface area contributed by atoms with Crippen molar-refractivity contribution in [2.45, 2.75) is 13.3 Å². The van der Waals surface area contributed by atoms with E-state index in [9.17, 15) is 4.39 Å². The zero-order valence-corrected chi connectivity index (χ0v) is 10.7. The summed E-state index contributed by atoms with van der Waals surface area (Å²) < 4.78 is 13.4. The van der Waals surface area contributed by atoms with Crippen LogP contribution in [-0.2, 0) is 0 Å². The normalized spacial score (nSPS) is 16.6. The van der Waals surface area contributed by atoms with Gasteiger partial charge in [-0.3, -0.25) is 4.90 Å². The molecule has 0 spiro atoms. The quantitative estimate of drug-likeness (QED) is 0.820. The summed E-state index contributed by atoms with van der Waals surface area (Å²) in [4.78, 5) is 4.57. The smallest absolute Gasteiger partial charge is 0.126 e. The Hall–Kier alpha value is -1.60. The molecule has 1 aliphatic rings. The van der Waals surface area contributed by atoms with E-state index in [0.717, 1.165) is 38.4 Å². The van der Waals surface area contributed by atoms with Crippen LogP contribution < -0.4 is 4.90 Å². The summed E-state index contributed by atoms with van der Waals surface area (Å²) >= 11 is 0. The summed E-state index contributed by atoms with van der Waals surface area (Å²) in [6, 6.07) is 6.55. The number of piperazine rings is 1. The Bertz CT molecular complexity index is 445. The van der Waals surface area contributed by atoms with Crippen LogP contribution in [0.25, 0.3) is 0 Å². The number of halogens is 1. The van der Waals surface area contributed by atoms with Gasteiger partial charge in [0.2, 0.25) is 0 Å². The molecule has 96 valence electrons. The SMILES string of the molecule is CCCN1CCN(c2cc(F)cc(C#N)c2)CC1. The summed E-state index contributed by atoms with van der Waals surface area (Å²) in [5, 5.41) is 8.85. The molecule has 0 aromatic heterocycles. The molecule has 0 atom stereocenters. The van der Waals surface area contributed by atoms with Crippen LogP contribution >= 0.6 is 0 Å². The maximum atomic E-state index is 13.4. The molecule has 3 nitrogen and oxygen atoms in total. The average Bonchev–Trinajstić information content (AvgIpc) is 2.39. The second-order valence-electron chi connectivity index (χ2n) is 4.64. The molecule has 0 saturated carbocycles. The van der Waals surface area contributed by atoms with Gasteiger partial charge in [0.15, 0.2) is 0 Å². The third-order valence-electron chi connectivity index (χ3n) is 3.29. The third-order valence-corrected chi connectivity index (χ3v) is 3.29. The maximum absolute atomic E-state index is 13.4. The van der Waals surface area contributed by atoms with Gasteiger partial charge in [-0.1, -0.05) is 6.92 Å². The van der Waals surface area contributed by atoms with E-state index < -0.39 is 0 Å². The maximum Gasteiger partial charge on any atom is 0.126 e. The minimum absolute atomic E-state index is 0.333. The van der Waals surface area contributed by atoms with Crippen molar-refractivity contribution in [3.8, 4) is 6.07 Å².